The van der Waals surface area contributed by atoms with Crippen molar-refractivity contribution < 1.29 is 0 Å². The molecule has 0 amide bonds. The van der Waals surface area contributed by atoms with Crippen molar-refractivity contribution in [3.8, 4) is 0 Å². The lowest BCUT2D eigenvalue weighted by atomic mass is 10.2. The van der Waals surface area contributed by atoms with Crippen LogP contribution < -0.4 is 5.73 Å². The van der Waals surface area contributed by atoms with Crippen molar-refractivity contribution in [3.63, 3.8) is 0 Å². The average molecular weight is 163 g/mol. The first-order valence-corrected chi connectivity index (χ1v) is 3.84. The molecule has 2 aromatic rings. The molecule has 3 heteroatoms. The zero-order chi connectivity index (χ0) is 8.97. The Morgan fingerprint density at radius 1 is 1.42 bits per heavy atom. The number of aryl methyl sites for hydroxylation is 1. The van der Waals surface area contributed by atoms with Crippen LogP contribution in [0.4, 0.5) is 0 Å². The standard InChI is InChI=1S/C8H8N2.CH5N/c1-6-4-7-2-3-9-8(7)10-5-6;1-2/h2-5H,1H3,(H,9,10);2H2,1H3. The Morgan fingerprint density at radius 3 is 2.92 bits per heavy atom. The van der Waals surface area contributed by atoms with Gasteiger partial charge in [0.05, 0.1) is 0 Å². The highest BCUT2D eigenvalue weighted by Crippen LogP contribution is 2.09. The molecule has 0 aliphatic carbocycles. The second-order valence-electron chi connectivity index (χ2n) is 2.43. The Kier molecular flexibility index (Phi) is 2.82. The Bertz CT molecular complexity index is 351. The van der Waals surface area contributed by atoms with Gasteiger partial charge in [0, 0.05) is 17.8 Å². The molecule has 0 aliphatic heterocycles. The minimum atomic E-state index is 0.964. The topological polar surface area (TPSA) is 54.7 Å². The van der Waals surface area contributed by atoms with Gasteiger partial charge in [-0.05, 0) is 31.7 Å². The fraction of sp³-hybridized carbons (Fsp3) is 0.222. The van der Waals surface area contributed by atoms with Crippen LogP contribution in [0.25, 0.3) is 11.0 Å². The minimum absolute atomic E-state index is 0.964. The lowest BCUT2D eigenvalue weighted by Gasteiger charge is -1.89. The van der Waals surface area contributed by atoms with E-state index < -0.39 is 0 Å². The van der Waals surface area contributed by atoms with Gasteiger partial charge in [-0.1, -0.05) is 0 Å². The van der Waals surface area contributed by atoms with Crippen LogP contribution in [-0.2, 0) is 0 Å². The minimum Gasteiger partial charge on any atom is -0.346 e. The number of rotatable bonds is 0. The molecule has 0 spiro atoms. The van der Waals surface area contributed by atoms with E-state index in [9.17, 15) is 0 Å². The van der Waals surface area contributed by atoms with Crippen molar-refractivity contribution in [1.29, 1.82) is 0 Å². The second kappa shape index (κ2) is 3.88. The number of hydrogen-bond acceptors (Lipinski definition) is 2. The fourth-order valence-electron chi connectivity index (χ4n) is 1.05. The first kappa shape index (κ1) is 8.74. The van der Waals surface area contributed by atoms with E-state index in [1.54, 1.807) is 0 Å². The summed E-state index contributed by atoms with van der Waals surface area (Å²) in [5.41, 5.74) is 6.66. The van der Waals surface area contributed by atoms with Crippen LogP contribution in [0.1, 0.15) is 5.56 Å². The number of nitrogens with one attached hydrogen (secondary N) is 1. The highest BCUT2D eigenvalue weighted by Gasteiger charge is 1.92. The fourth-order valence-corrected chi connectivity index (χ4v) is 1.05. The number of nitrogens with zero attached hydrogens (tertiary/aromatic N) is 1. The zero-order valence-electron chi connectivity index (χ0n) is 7.33. The van der Waals surface area contributed by atoms with Crippen molar-refractivity contribution in [1.82, 2.24) is 9.97 Å². The molecule has 2 rings (SSSR count). The summed E-state index contributed by atoms with van der Waals surface area (Å²) in [5, 5.41) is 1.18. The molecule has 0 atom stereocenters. The van der Waals surface area contributed by atoms with Crippen LogP contribution in [0.2, 0.25) is 0 Å². The molecule has 0 aromatic carbocycles. The van der Waals surface area contributed by atoms with Gasteiger partial charge in [-0.15, -0.1) is 0 Å². The van der Waals surface area contributed by atoms with Gasteiger partial charge in [0.2, 0.25) is 0 Å². The summed E-state index contributed by atoms with van der Waals surface area (Å²) < 4.78 is 0. The van der Waals surface area contributed by atoms with E-state index in [0.29, 0.717) is 0 Å². The summed E-state index contributed by atoms with van der Waals surface area (Å²) in [7, 11) is 1.50. The molecule has 0 aliphatic rings. The van der Waals surface area contributed by atoms with E-state index in [1.165, 1.54) is 18.0 Å². The maximum atomic E-state index is 4.50. The predicted octanol–water partition coefficient (Wildman–Crippen LogP) is 1.45. The van der Waals surface area contributed by atoms with E-state index in [2.05, 4.69) is 21.8 Å². The molecule has 0 saturated carbocycles. The molecule has 0 unspecified atom stereocenters. The molecule has 0 saturated heterocycles. The number of aromatic amines is 1. The van der Waals surface area contributed by atoms with Crippen LogP contribution in [-0.4, -0.2) is 17.0 Å². The summed E-state index contributed by atoms with van der Waals surface area (Å²) in [6, 6.07) is 4.13. The van der Waals surface area contributed by atoms with Crippen LogP contribution in [0.15, 0.2) is 24.5 Å². The smallest absolute Gasteiger partial charge is 0.137 e. The van der Waals surface area contributed by atoms with Crippen molar-refractivity contribution in [3.05, 3.63) is 30.1 Å². The number of pyridine rings is 1. The van der Waals surface area contributed by atoms with Crippen LogP contribution in [0.3, 0.4) is 0 Å². The van der Waals surface area contributed by atoms with Gasteiger partial charge in [0.15, 0.2) is 0 Å². The van der Waals surface area contributed by atoms with Crippen LogP contribution >= 0.6 is 0 Å². The lowest BCUT2D eigenvalue weighted by molar-refractivity contribution is 1.29. The monoisotopic (exact) mass is 163 g/mol. The molecule has 0 bridgehead atoms. The molecule has 2 heterocycles. The predicted molar refractivity (Wildman–Crippen MR) is 50.9 cm³/mol. The Hall–Kier alpha value is -1.35. The van der Waals surface area contributed by atoms with E-state index in [4.69, 9.17) is 0 Å². The number of fused-ring (bicyclic) bond motifs is 1. The third-order valence-electron chi connectivity index (χ3n) is 1.54. The lowest BCUT2D eigenvalue weighted by Crippen LogP contribution is -1.76. The molecule has 0 fully saturated rings. The summed E-state index contributed by atoms with van der Waals surface area (Å²) in [4.78, 5) is 7.22. The van der Waals surface area contributed by atoms with Gasteiger partial charge >= 0.3 is 0 Å². The molecular weight excluding hydrogens is 150 g/mol. The SMILES string of the molecule is CN.Cc1cnc2[nH]ccc2c1. The van der Waals surface area contributed by atoms with E-state index >= 15 is 0 Å². The number of H-pyrrole nitrogens is 1. The zero-order valence-corrected chi connectivity index (χ0v) is 7.33. The van der Waals surface area contributed by atoms with Crippen LogP contribution in [0.5, 0.6) is 0 Å². The van der Waals surface area contributed by atoms with Crippen molar-refractivity contribution in [2.45, 2.75) is 6.92 Å². The second-order valence-corrected chi connectivity index (χ2v) is 2.43. The maximum absolute atomic E-state index is 4.50. The quantitative estimate of drug-likeness (QED) is 0.617. The van der Waals surface area contributed by atoms with Crippen LogP contribution in [0, 0.1) is 6.92 Å². The third-order valence-corrected chi connectivity index (χ3v) is 1.54. The molecule has 0 radical (unpaired) electrons. The average Bonchev–Trinajstić information content (AvgIpc) is 2.54. The van der Waals surface area contributed by atoms with Gasteiger partial charge in [-0.2, -0.15) is 0 Å². The first-order chi connectivity index (χ1) is 5.86. The van der Waals surface area contributed by atoms with E-state index in [-0.39, 0.29) is 0 Å². The van der Waals surface area contributed by atoms with Gasteiger partial charge < -0.3 is 10.7 Å². The Labute approximate surface area is 71.6 Å². The van der Waals surface area contributed by atoms with E-state index in [1.807, 2.05) is 25.4 Å². The summed E-state index contributed by atoms with van der Waals surface area (Å²) in [5.74, 6) is 0. The first-order valence-electron chi connectivity index (χ1n) is 3.84. The number of aromatic nitrogens is 2. The van der Waals surface area contributed by atoms with Gasteiger partial charge in [0.25, 0.3) is 0 Å². The van der Waals surface area contributed by atoms with Gasteiger partial charge in [-0.25, -0.2) is 4.98 Å². The van der Waals surface area contributed by atoms with Crippen molar-refractivity contribution >= 4 is 11.0 Å². The maximum Gasteiger partial charge on any atom is 0.137 e. The molecule has 12 heavy (non-hydrogen) atoms. The Morgan fingerprint density at radius 2 is 2.17 bits per heavy atom. The number of nitrogens with two attached hydrogens (primary N) is 1. The highest BCUT2D eigenvalue weighted by atomic mass is 14.8. The molecule has 64 valence electrons. The largest absolute Gasteiger partial charge is 0.346 e. The third kappa shape index (κ3) is 1.62. The molecule has 3 nitrogen and oxygen atoms in total. The summed E-state index contributed by atoms with van der Waals surface area (Å²) in [6.07, 6.45) is 3.76. The Balaban J connectivity index is 0.000000336. The molecular formula is C9H13N3. The summed E-state index contributed by atoms with van der Waals surface area (Å²) in [6.45, 7) is 2.04. The van der Waals surface area contributed by atoms with Gasteiger partial charge in [0.1, 0.15) is 5.65 Å². The van der Waals surface area contributed by atoms with Crippen molar-refractivity contribution in [2.75, 3.05) is 7.05 Å². The molecule has 3 N–H and O–H groups in total. The number of hydrogen-bond donors (Lipinski definition) is 2. The highest BCUT2D eigenvalue weighted by molar-refractivity contribution is 5.75. The normalized spacial score (nSPS) is 9.25. The van der Waals surface area contributed by atoms with Crippen molar-refractivity contribution in [2.24, 2.45) is 5.73 Å². The van der Waals surface area contributed by atoms with Gasteiger partial charge in [-0.3, -0.25) is 0 Å². The summed E-state index contributed by atoms with van der Waals surface area (Å²) >= 11 is 0. The van der Waals surface area contributed by atoms with E-state index in [0.717, 1.165) is 5.65 Å². The molecule has 2 aromatic heterocycles.